The number of hydrogen-bond donors (Lipinski definition) is 2. The normalized spacial score (nSPS) is 27.4. The number of aliphatic carboxylic acids is 1. The van der Waals surface area contributed by atoms with Crippen LogP contribution < -0.4 is 5.32 Å². The van der Waals surface area contributed by atoms with E-state index >= 15 is 0 Å². The summed E-state index contributed by atoms with van der Waals surface area (Å²) < 4.78 is 0. The predicted octanol–water partition coefficient (Wildman–Crippen LogP) is 3.26. The van der Waals surface area contributed by atoms with Crippen molar-refractivity contribution in [3.05, 3.63) is 35.9 Å². The highest BCUT2D eigenvalue weighted by molar-refractivity contribution is 5.84. The Morgan fingerprint density at radius 1 is 1.26 bits per heavy atom. The third-order valence-electron chi connectivity index (χ3n) is 5.79. The number of carboxylic acid groups (broad SMARTS) is 1. The van der Waals surface area contributed by atoms with Crippen LogP contribution in [0.15, 0.2) is 30.3 Å². The smallest absolute Gasteiger partial charge is 0.309 e. The molecule has 0 aliphatic heterocycles. The maximum absolute atomic E-state index is 12.7. The van der Waals surface area contributed by atoms with Crippen LogP contribution in [0.1, 0.15) is 46.1 Å². The molecule has 1 amide bonds. The van der Waals surface area contributed by atoms with E-state index in [1.165, 1.54) is 5.56 Å². The van der Waals surface area contributed by atoms with Crippen LogP contribution in [0.3, 0.4) is 0 Å². The monoisotopic (exact) mass is 317 g/mol. The van der Waals surface area contributed by atoms with Gasteiger partial charge in [-0.3, -0.25) is 9.59 Å². The molecule has 3 atom stereocenters. The van der Waals surface area contributed by atoms with Gasteiger partial charge in [0, 0.05) is 12.0 Å². The van der Waals surface area contributed by atoms with Crippen molar-refractivity contribution in [3.8, 4) is 0 Å². The minimum atomic E-state index is -0.850. The van der Waals surface area contributed by atoms with Gasteiger partial charge in [0.25, 0.3) is 0 Å². The molecule has 0 aromatic heterocycles. The topological polar surface area (TPSA) is 66.4 Å². The van der Waals surface area contributed by atoms with Gasteiger partial charge in [-0.25, -0.2) is 0 Å². The van der Waals surface area contributed by atoms with Crippen molar-refractivity contribution in [3.63, 3.8) is 0 Å². The SMILES string of the molecule is C[C@@H](Cc1ccccc1)NC(=O)[C@H]1CC[C@@](C)(C(=O)O)C1(C)C. The lowest BCUT2D eigenvalue weighted by atomic mass is 9.65. The maximum atomic E-state index is 12.7. The fourth-order valence-corrected chi connectivity index (χ4v) is 3.70. The molecule has 2 N–H and O–H groups in total. The summed E-state index contributed by atoms with van der Waals surface area (Å²) in [5.41, 5.74) is -0.228. The highest BCUT2D eigenvalue weighted by atomic mass is 16.4. The molecule has 1 aromatic carbocycles. The zero-order valence-corrected chi connectivity index (χ0v) is 14.4. The van der Waals surface area contributed by atoms with E-state index in [2.05, 4.69) is 5.32 Å². The minimum absolute atomic E-state index is 0.0246. The maximum Gasteiger partial charge on any atom is 0.309 e. The summed E-state index contributed by atoms with van der Waals surface area (Å²) in [5.74, 6) is -1.10. The molecular weight excluding hydrogens is 290 g/mol. The van der Waals surface area contributed by atoms with Crippen LogP contribution in [0, 0.1) is 16.7 Å². The molecule has 126 valence electrons. The molecule has 0 unspecified atom stereocenters. The lowest BCUT2D eigenvalue weighted by Crippen LogP contribution is -2.47. The van der Waals surface area contributed by atoms with E-state index in [-0.39, 0.29) is 17.9 Å². The summed E-state index contributed by atoms with van der Waals surface area (Å²) in [6.45, 7) is 7.56. The van der Waals surface area contributed by atoms with Crippen LogP contribution in [0.5, 0.6) is 0 Å². The third-order valence-corrected chi connectivity index (χ3v) is 5.79. The Bertz CT molecular complexity index is 582. The average molecular weight is 317 g/mol. The van der Waals surface area contributed by atoms with Crippen molar-refractivity contribution in [2.75, 3.05) is 0 Å². The quantitative estimate of drug-likeness (QED) is 0.876. The molecule has 4 nitrogen and oxygen atoms in total. The molecule has 2 rings (SSSR count). The second-order valence-electron chi connectivity index (χ2n) is 7.55. The molecule has 4 heteroatoms. The number of carboxylic acids is 1. The molecule has 0 spiro atoms. The van der Waals surface area contributed by atoms with Gasteiger partial charge in [-0.15, -0.1) is 0 Å². The number of rotatable bonds is 5. The summed E-state index contributed by atoms with van der Waals surface area (Å²) in [5, 5.41) is 12.6. The van der Waals surface area contributed by atoms with Crippen molar-refractivity contribution in [1.29, 1.82) is 0 Å². The average Bonchev–Trinajstić information content (AvgIpc) is 2.71. The summed E-state index contributed by atoms with van der Waals surface area (Å²) in [6, 6.07) is 10.1. The first-order chi connectivity index (χ1) is 10.7. The van der Waals surface area contributed by atoms with E-state index in [1.807, 2.05) is 51.1 Å². The van der Waals surface area contributed by atoms with Gasteiger partial charge in [0.2, 0.25) is 5.91 Å². The van der Waals surface area contributed by atoms with Crippen molar-refractivity contribution in [1.82, 2.24) is 5.32 Å². The molecule has 0 bridgehead atoms. The highest BCUT2D eigenvalue weighted by Gasteiger charge is 2.58. The van der Waals surface area contributed by atoms with Crippen LogP contribution in [0.4, 0.5) is 0 Å². The molecular formula is C19H27NO3. The number of nitrogens with one attached hydrogen (secondary N) is 1. The third kappa shape index (κ3) is 3.26. The molecule has 1 saturated carbocycles. The Morgan fingerprint density at radius 3 is 2.39 bits per heavy atom. The molecule has 23 heavy (non-hydrogen) atoms. The van der Waals surface area contributed by atoms with Crippen LogP contribution in [-0.2, 0) is 16.0 Å². The summed E-state index contributed by atoms with van der Waals surface area (Å²) in [7, 11) is 0. The second kappa shape index (κ2) is 6.34. The van der Waals surface area contributed by atoms with Crippen molar-refractivity contribution in [2.24, 2.45) is 16.7 Å². The lowest BCUT2D eigenvalue weighted by molar-refractivity contribution is -0.155. The molecule has 0 heterocycles. The first kappa shape index (κ1) is 17.5. The van der Waals surface area contributed by atoms with Gasteiger partial charge >= 0.3 is 5.97 Å². The minimum Gasteiger partial charge on any atom is -0.481 e. The Labute approximate surface area is 138 Å². The number of hydrogen-bond acceptors (Lipinski definition) is 2. The number of carbonyl (C=O) groups is 2. The van der Waals surface area contributed by atoms with E-state index in [9.17, 15) is 14.7 Å². The van der Waals surface area contributed by atoms with E-state index in [4.69, 9.17) is 0 Å². The van der Waals surface area contributed by atoms with Gasteiger partial charge in [-0.1, -0.05) is 44.2 Å². The summed E-state index contributed by atoms with van der Waals surface area (Å²) in [4.78, 5) is 24.3. The Morgan fingerprint density at radius 2 is 1.87 bits per heavy atom. The largest absolute Gasteiger partial charge is 0.481 e. The van der Waals surface area contributed by atoms with E-state index < -0.39 is 16.8 Å². The lowest BCUT2D eigenvalue weighted by Gasteiger charge is -2.38. The molecule has 1 aromatic rings. The van der Waals surface area contributed by atoms with Crippen LogP contribution in [0.2, 0.25) is 0 Å². The van der Waals surface area contributed by atoms with Gasteiger partial charge in [0.05, 0.1) is 5.41 Å². The van der Waals surface area contributed by atoms with E-state index in [0.29, 0.717) is 12.8 Å². The highest BCUT2D eigenvalue weighted by Crippen LogP contribution is 2.56. The molecule has 1 aliphatic rings. The molecule has 1 aliphatic carbocycles. The zero-order valence-electron chi connectivity index (χ0n) is 14.4. The number of carbonyl (C=O) groups excluding carboxylic acids is 1. The first-order valence-corrected chi connectivity index (χ1v) is 8.26. The van der Waals surface area contributed by atoms with Crippen molar-refractivity contribution in [2.45, 2.75) is 53.0 Å². The van der Waals surface area contributed by atoms with Crippen LogP contribution in [0.25, 0.3) is 0 Å². The summed E-state index contributed by atoms with van der Waals surface area (Å²) in [6.07, 6.45) is 1.94. The van der Waals surface area contributed by atoms with Gasteiger partial charge in [0.1, 0.15) is 0 Å². The summed E-state index contributed by atoms with van der Waals surface area (Å²) >= 11 is 0. The van der Waals surface area contributed by atoms with Gasteiger partial charge in [0.15, 0.2) is 0 Å². The fourth-order valence-electron chi connectivity index (χ4n) is 3.70. The predicted molar refractivity (Wildman–Crippen MR) is 90.0 cm³/mol. The molecule has 0 radical (unpaired) electrons. The van der Waals surface area contributed by atoms with Gasteiger partial charge < -0.3 is 10.4 Å². The Balaban J connectivity index is 2.02. The Hall–Kier alpha value is -1.84. The van der Waals surface area contributed by atoms with Crippen LogP contribution in [-0.4, -0.2) is 23.0 Å². The molecule has 1 fully saturated rings. The standard InChI is InChI=1S/C19H27NO3/c1-13(12-14-8-6-5-7-9-14)20-16(21)15-10-11-19(4,17(22)23)18(15,2)3/h5-9,13,15H,10-12H2,1-4H3,(H,20,21)(H,22,23)/t13-,15+,19-/m0/s1. The van der Waals surface area contributed by atoms with Gasteiger partial charge in [-0.2, -0.15) is 0 Å². The first-order valence-electron chi connectivity index (χ1n) is 8.26. The van der Waals surface area contributed by atoms with Gasteiger partial charge in [-0.05, 0) is 44.1 Å². The molecule has 0 saturated heterocycles. The number of benzene rings is 1. The second-order valence-corrected chi connectivity index (χ2v) is 7.55. The zero-order chi connectivity index (χ0) is 17.3. The van der Waals surface area contributed by atoms with E-state index in [1.54, 1.807) is 6.92 Å². The number of amides is 1. The fraction of sp³-hybridized carbons (Fsp3) is 0.579. The van der Waals surface area contributed by atoms with Crippen LogP contribution >= 0.6 is 0 Å². The van der Waals surface area contributed by atoms with Crippen molar-refractivity contribution < 1.29 is 14.7 Å². The van der Waals surface area contributed by atoms with E-state index in [0.717, 1.165) is 6.42 Å². The Kier molecular flexibility index (Phi) is 4.83. The van der Waals surface area contributed by atoms with Crippen molar-refractivity contribution >= 4 is 11.9 Å².